The zero-order valence-electron chi connectivity index (χ0n) is 10.8. The molecule has 0 spiro atoms. The number of amides is 1. The molecule has 2 rings (SSSR count). The first kappa shape index (κ1) is 13.2. The second-order valence-corrected chi connectivity index (χ2v) is 3.96. The van der Waals surface area contributed by atoms with Crippen LogP contribution in [0.5, 0.6) is 11.5 Å². The van der Waals surface area contributed by atoms with Crippen LogP contribution in [0.2, 0.25) is 0 Å². The van der Waals surface area contributed by atoms with E-state index in [1.54, 1.807) is 38.6 Å². The van der Waals surface area contributed by atoms with E-state index in [9.17, 15) is 9.90 Å². The third-order valence-electron chi connectivity index (χ3n) is 2.75. The van der Waals surface area contributed by atoms with Crippen LogP contribution < -0.4 is 10.1 Å². The first-order chi connectivity index (χ1) is 9.17. The fourth-order valence-corrected chi connectivity index (χ4v) is 1.80. The van der Waals surface area contributed by atoms with Gasteiger partial charge in [-0.2, -0.15) is 0 Å². The van der Waals surface area contributed by atoms with Crippen molar-refractivity contribution in [1.82, 2.24) is 9.88 Å². The van der Waals surface area contributed by atoms with Gasteiger partial charge in [-0.15, -0.1) is 0 Å². The number of hydrogen-bond donors (Lipinski definition) is 2. The normalized spacial score (nSPS) is 10.6. The largest absolute Gasteiger partial charge is 0.504 e. The molecule has 0 aliphatic carbocycles. The molecule has 0 saturated carbocycles. The van der Waals surface area contributed by atoms with Crippen LogP contribution >= 0.6 is 0 Å². The number of aromatic nitrogens is 1. The van der Waals surface area contributed by atoms with Crippen molar-refractivity contribution in [2.45, 2.75) is 0 Å². The Morgan fingerprint density at radius 1 is 1.42 bits per heavy atom. The number of carbonyl (C=O) groups is 1. The van der Waals surface area contributed by atoms with Gasteiger partial charge >= 0.3 is 6.03 Å². The molecule has 1 aromatic carbocycles. The fourth-order valence-electron chi connectivity index (χ4n) is 1.80. The zero-order valence-corrected chi connectivity index (χ0v) is 10.8. The molecule has 0 radical (unpaired) electrons. The molecule has 0 bridgehead atoms. The number of benzene rings is 1. The summed E-state index contributed by atoms with van der Waals surface area (Å²) in [4.78, 5) is 11.7. The highest BCUT2D eigenvalue weighted by atomic mass is 16.5. The minimum Gasteiger partial charge on any atom is -0.504 e. The van der Waals surface area contributed by atoms with E-state index >= 15 is 0 Å². The summed E-state index contributed by atoms with van der Waals surface area (Å²) in [5, 5.41) is 13.1. The Kier molecular flexibility index (Phi) is 3.91. The minimum atomic E-state index is -0.247. The molecule has 1 aromatic heterocycles. The number of nitrogens with one attached hydrogen (secondary N) is 1. The molecule has 2 N–H and O–H groups in total. The van der Waals surface area contributed by atoms with Crippen molar-refractivity contribution in [2.75, 3.05) is 27.4 Å². The quantitative estimate of drug-likeness (QED) is 0.822. The van der Waals surface area contributed by atoms with Crippen molar-refractivity contribution in [3.05, 3.63) is 24.4 Å². The Hall–Kier alpha value is -2.21. The van der Waals surface area contributed by atoms with E-state index in [1.165, 1.54) is 4.57 Å². The van der Waals surface area contributed by atoms with Gasteiger partial charge in [-0.1, -0.05) is 0 Å². The molecular weight excluding hydrogens is 248 g/mol. The molecule has 2 aromatic rings. The number of ether oxygens (including phenoxy) is 2. The molecule has 6 nitrogen and oxygen atoms in total. The van der Waals surface area contributed by atoms with Crippen LogP contribution in [0.1, 0.15) is 0 Å². The van der Waals surface area contributed by atoms with Crippen LogP contribution in [0.15, 0.2) is 24.4 Å². The number of methoxy groups -OCH3 is 1. The van der Waals surface area contributed by atoms with Gasteiger partial charge in [0.1, 0.15) is 6.61 Å². The molecule has 6 heteroatoms. The van der Waals surface area contributed by atoms with Crippen molar-refractivity contribution < 1.29 is 19.4 Å². The molecule has 0 saturated heterocycles. The van der Waals surface area contributed by atoms with Crippen molar-refractivity contribution >= 4 is 16.9 Å². The van der Waals surface area contributed by atoms with Crippen molar-refractivity contribution in [3.63, 3.8) is 0 Å². The summed E-state index contributed by atoms with van der Waals surface area (Å²) < 4.78 is 11.7. The lowest BCUT2D eigenvalue weighted by molar-refractivity contribution is 0.144. The number of aromatic hydroxyl groups is 1. The number of phenolic OH excluding ortho intramolecular Hbond substituents is 1. The molecule has 1 heterocycles. The number of fused-ring (bicyclic) bond motifs is 1. The van der Waals surface area contributed by atoms with Crippen LogP contribution in [-0.2, 0) is 4.74 Å². The average Bonchev–Trinajstić information content (AvgIpc) is 2.81. The average molecular weight is 264 g/mol. The third-order valence-corrected chi connectivity index (χ3v) is 2.75. The number of rotatable bonds is 4. The minimum absolute atomic E-state index is 0.0401. The van der Waals surface area contributed by atoms with Gasteiger partial charge in [0.2, 0.25) is 0 Å². The maximum atomic E-state index is 11.7. The predicted octanol–water partition coefficient (Wildman–Crippen LogP) is 1.56. The van der Waals surface area contributed by atoms with Crippen LogP contribution in [-0.4, -0.2) is 43.1 Å². The number of hydrogen-bond acceptors (Lipinski definition) is 4. The van der Waals surface area contributed by atoms with E-state index in [0.717, 1.165) is 5.39 Å². The first-order valence-electron chi connectivity index (χ1n) is 5.85. The standard InChI is InChI=1S/C13H16N2O4/c1-14-13(17)15-4-3-9-7-11(16)12(8-10(9)15)19-6-5-18-2/h3-4,7-8,16H,5-6H2,1-2H3,(H,14,17). The van der Waals surface area contributed by atoms with E-state index in [-0.39, 0.29) is 11.8 Å². The lowest BCUT2D eigenvalue weighted by atomic mass is 10.2. The van der Waals surface area contributed by atoms with E-state index in [2.05, 4.69) is 5.32 Å². The Morgan fingerprint density at radius 3 is 2.89 bits per heavy atom. The molecule has 19 heavy (non-hydrogen) atoms. The smallest absolute Gasteiger partial charge is 0.325 e. The fraction of sp³-hybridized carbons (Fsp3) is 0.308. The third kappa shape index (κ3) is 2.63. The molecule has 102 valence electrons. The molecule has 0 aliphatic heterocycles. The summed E-state index contributed by atoms with van der Waals surface area (Å²) in [7, 11) is 3.13. The van der Waals surface area contributed by atoms with Crippen LogP contribution in [0.4, 0.5) is 4.79 Å². The Morgan fingerprint density at radius 2 is 2.21 bits per heavy atom. The Labute approximate surface area is 110 Å². The summed E-state index contributed by atoms with van der Waals surface area (Å²) in [5.41, 5.74) is 0.671. The van der Waals surface area contributed by atoms with Crippen LogP contribution in [0, 0.1) is 0 Å². The van der Waals surface area contributed by atoms with Gasteiger partial charge < -0.3 is 19.9 Å². The first-order valence-corrected chi connectivity index (χ1v) is 5.85. The summed E-state index contributed by atoms with van der Waals surface area (Å²) in [5.74, 6) is 0.367. The van der Waals surface area contributed by atoms with E-state index in [4.69, 9.17) is 9.47 Å². The molecule has 0 unspecified atom stereocenters. The zero-order chi connectivity index (χ0) is 13.8. The van der Waals surface area contributed by atoms with Crippen LogP contribution in [0.25, 0.3) is 10.9 Å². The highest BCUT2D eigenvalue weighted by Gasteiger charge is 2.11. The number of phenols is 1. The molecule has 0 fully saturated rings. The van der Waals surface area contributed by atoms with Gasteiger partial charge in [0.25, 0.3) is 0 Å². The number of nitrogens with zero attached hydrogens (tertiary/aromatic N) is 1. The van der Waals surface area contributed by atoms with Crippen molar-refractivity contribution in [2.24, 2.45) is 0 Å². The van der Waals surface area contributed by atoms with Crippen molar-refractivity contribution in [3.8, 4) is 11.5 Å². The highest BCUT2D eigenvalue weighted by Crippen LogP contribution is 2.31. The summed E-state index contributed by atoms with van der Waals surface area (Å²) in [6.07, 6.45) is 1.64. The van der Waals surface area contributed by atoms with Gasteiger partial charge in [-0.25, -0.2) is 4.79 Å². The van der Waals surface area contributed by atoms with E-state index in [1.807, 2.05) is 0 Å². The maximum absolute atomic E-state index is 11.7. The Bertz CT molecular complexity index is 592. The van der Waals surface area contributed by atoms with Gasteiger partial charge in [-0.3, -0.25) is 4.57 Å². The monoisotopic (exact) mass is 264 g/mol. The number of carbonyl (C=O) groups excluding carboxylic acids is 1. The lowest BCUT2D eigenvalue weighted by Gasteiger charge is -2.09. The second-order valence-electron chi connectivity index (χ2n) is 3.96. The van der Waals surface area contributed by atoms with Gasteiger partial charge in [0.15, 0.2) is 11.5 Å². The van der Waals surface area contributed by atoms with Gasteiger partial charge in [-0.05, 0) is 12.1 Å². The molecular formula is C13H16N2O4. The maximum Gasteiger partial charge on any atom is 0.325 e. The highest BCUT2D eigenvalue weighted by molar-refractivity contribution is 5.93. The SMILES string of the molecule is CNC(=O)n1ccc2cc(O)c(OCCOC)cc21. The molecule has 0 atom stereocenters. The molecule has 0 aliphatic rings. The summed E-state index contributed by atoms with van der Waals surface area (Å²) in [6, 6.07) is 4.71. The van der Waals surface area contributed by atoms with Crippen molar-refractivity contribution in [1.29, 1.82) is 0 Å². The molecule has 1 amide bonds. The lowest BCUT2D eigenvalue weighted by Crippen LogP contribution is -2.23. The van der Waals surface area contributed by atoms with Gasteiger partial charge in [0, 0.05) is 31.8 Å². The second kappa shape index (κ2) is 5.62. The topological polar surface area (TPSA) is 72.7 Å². The van der Waals surface area contributed by atoms with Gasteiger partial charge in [0.05, 0.1) is 12.1 Å². The Balaban J connectivity index is 2.37. The summed E-state index contributed by atoms with van der Waals surface area (Å²) in [6.45, 7) is 0.754. The predicted molar refractivity (Wildman–Crippen MR) is 70.8 cm³/mol. The summed E-state index contributed by atoms with van der Waals surface area (Å²) >= 11 is 0. The van der Waals surface area contributed by atoms with Crippen LogP contribution in [0.3, 0.4) is 0 Å². The van der Waals surface area contributed by atoms with E-state index < -0.39 is 0 Å². The van der Waals surface area contributed by atoms with E-state index in [0.29, 0.717) is 24.5 Å².